The van der Waals surface area contributed by atoms with E-state index >= 15 is 0 Å². The van der Waals surface area contributed by atoms with Crippen molar-refractivity contribution in [2.45, 2.75) is 57.5 Å². The highest BCUT2D eigenvalue weighted by Gasteiger charge is 2.54. The van der Waals surface area contributed by atoms with Crippen LogP contribution < -0.4 is 5.32 Å². The van der Waals surface area contributed by atoms with E-state index in [2.05, 4.69) is 44.3 Å². The number of rotatable bonds is 0. The normalized spacial score (nSPS) is 39.9. The predicted molar refractivity (Wildman–Crippen MR) is 86.1 cm³/mol. The summed E-state index contributed by atoms with van der Waals surface area (Å²) >= 11 is 0. The Morgan fingerprint density at radius 3 is 2.86 bits per heavy atom. The Morgan fingerprint density at radius 1 is 1.24 bits per heavy atom. The highest BCUT2D eigenvalue weighted by molar-refractivity contribution is 5.63. The molecule has 2 fully saturated rings. The smallest absolute Gasteiger partial charge is 0.110 e. The first kappa shape index (κ1) is 13.6. The molecular formula is C18H26N2O. The second kappa shape index (κ2) is 4.23. The lowest BCUT2D eigenvalue weighted by Gasteiger charge is -2.58. The van der Waals surface area contributed by atoms with Crippen molar-refractivity contribution in [3.8, 4) is 0 Å². The molecule has 0 saturated carbocycles. The van der Waals surface area contributed by atoms with Crippen LogP contribution in [0.1, 0.15) is 44.2 Å². The van der Waals surface area contributed by atoms with Gasteiger partial charge in [-0.2, -0.15) is 0 Å². The summed E-state index contributed by atoms with van der Waals surface area (Å²) in [6.45, 7) is 8.58. The molecular weight excluding hydrogens is 260 g/mol. The number of hydrogen-bond donors (Lipinski definition) is 1. The number of piperidine rings is 1. The van der Waals surface area contributed by atoms with Gasteiger partial charge in [0.05, 0.1) is 19.1 Å². The molecule has 2 saturated heterocycles. The van der Waals surface area contributed by atoms with Gasteiger partial charge in [-0.1, -0.05) is 32.0 Å². The van der Waals surface area contributed by atoms with Crippen LogP contribution in [0.3, 0.4) is 0 Å². The number of benzene rings is 1. The van der Waals surface area contributed by atoms with Crippen molar-refractivity contribution in [2.24, 2.45) is 5.92 Å². The first-order chi connectivity index (χ1) is 9.93. The molecule has 3 heteroatoms. The predicted octanol–water partition coefficient (Wildman–Crippen LogP) is 3.56. The van der Waals surface area contributed by atoms with Gasteiger partial charge in [-0.25, -0.2) is 0 Å². The summed E-state index contributed by atoms with van der Waals surface area (Å²) in [5.74, 6) is 0.579. The molecule has 3 aliphatic heterocycles. The van der Waals surface area contributed by atoms with Crippen LogP contribution in [-0.4, -0.2) is 29.8 Å². The summed E-state index contributed by atoms with van der Waals surface area (Å²) < 4.78 is 0.0610. The van der Waals surface area contributed by atoms with Crippen molar-refractivity contribution >= 4 is 5.69 Å². The van der Waals surface area contributed by atoms with Crippen LogP contribution in [0, 0.1) is 18.0 Å². The van der Waals surface area contributed by atoms with Crippen molar-refractivity contribution in [3.05, 3.63) is 34.5 Å². The van der Waals surface area contributed by atoms with Gasteiger partial charge in [-0.05, 0) is 29.4 Å². The Balaban J connectivity index is 1.82. The second-order valence-corrected chi connectivity index (χ2v) is 7.89. The van der Waals surface area contributed by atoms with Crippen molar-refractivity contribution in [2.75, 3.05) is 18.4 Å². The van der Waals surface area contributed by atoms with Gasteiger partial charge >= 0.3 is 0 Å². The zero-order valence-electron chi connectivity index (χ0n) is 13.4. The standard InChI is InChI=1S/C18H26N2O/c1-12-6-4-7-13-16(12)19-17-14(18(13,2)3)9-11-20(21)10-5-8-15(17)20/h4,6-7,14-15,17,19H,5,8-11H2,1-3H3/t14?,15-,17?,20?/m0/s1. The fourth-order valence-electron chi connectivity index (χ4n) is 5.29. The van der Waals surface area contributed by atoms with E-state index in [0.29, 0.717) is 12.0 Å². The summed E-state index contributed by atoms with van der Waals surface area (Å²) in [5, 5.41) is 16.8. The van der Waals surface area contributed by atoms with Gasteiger partial charge < -0.3 is 15.2 Å². The molecule has 0 aliphatic carbocycles. The molecule has 3 nitrogen and oxygen atoms in total. The third-order valence-electron chi connectivity index (χ3n) is 6.51. The SMILES string of the molecule is Cc1cccc2c1NC1C(CC[N+]3([O-])CCC[C@@H]13)C2(C)C. The minimum atomic E-state index is 0.0610. The summed E-state index contributed by atoms with van der Waals surface area (Å²) in [7, 11) is 0. The van der Waals surface area contributed by atoms with Crippen LogP contribution in [0.5, 0.6) is 0 Å². The minimum Gasteiger partial charge on any atom is -0.633 e. The second-order valence-electron chi connectivity index (χ2n) is 7.89. The topological polar surface area (TPSA) is 35.1 Å². The Labute approximate surface area is 127 Å². The van der Waals surface area contributed by atoms with Crippen LogP contribution in [0.4, 0.5) is 5.69 Å². The fraction of sp³-hybridized carbons (Fsp3) is 0.667. The molecule has 1 aromatic carbocycles. The molecule has 0 radical (unpaired) electrons. The lowest BCUT2D eigenvalue weighted by atomic mass is 9.62. The first-order valence-electron chi connectivity index (χ1n) is 8.38. The van der Waals surface area contributed by atoms with E-state index in [1.807, 2.05) is 0 Å². The van der Waals surface area contributed by atoms with E-state index in [1.165, 1.54) is 16.8 Å². The average molecular weight is 286 g/mol. The van der Waals surface area contributed by atoms with E-state index in [9.17, 15) is 5.21 Å². The lowest BCUT2D eigenvalue weighted by molar-refractivity contribution is -0.899. The van der Waals surface area contributed by atoms with E-state index in [0.717, 1.165) is 32.4 Å². The van der Waals surface area contributed by atoms with E-state index < -0.39 is 0 Å². The van der Waals surface area contributed by atoms with Gasteiger partial charge in [-0.15, -0.1) is 0 Å². The summed E-state index contributed by atoms with van der Waals surface area (Å²) in [6, 6.07) is 7.23. The molecule has 0 spiro atoms. The Bertz CT molecular complexity index is 583. The number of para-hydroxylation sites is 1. The van der Waals surface area contributed by atoms with Crippen molar-refractivity contribution < 1.29 is 4.65 Å². The summed E-state index contributed by atoms with van der Waals surface area (Å²) in [5.41, 5.74) is 4.20. The highest BCUT2D eigenvalue weighted by Crippen LogP contribution is 2.51. The maximum absolute atomic E-state index is 13.0. The number of quaternary nitrogens is 1. The Hall–Kier alpha value is -1.06. The van der Waals surface area contributed by atoms with Gasteiger partial charge in [0, 0.05) is 24.9 Å². The maximum Gasteiger partial charge on any atom is 0.110 e. The third kappa shape index (κ3) is 1.74. The molecule has 4 rings (SSSR count). The Kier molecular flexibility index (Phi) is 2.74. The van der Waals surface area contributed by atoms with Crippen molar-refractivity contribution in [1.29, 1.82) is 0 Å². The van der Waals surface area contributed by atoms with Gasteiger partial charge in [0.2, 0.25) is 0 Å². The highest BCUT2D eigenvalue weighted by atomic mass is 16.5. The molecule has 0 amide bonds. The number of fused-ring (bicyclic) bond motifs is 4. The number of anilines is 1. The van der Waals surface area contributed by atoms with E-state index in [4.69, 9.17) is 0 Å². The van der Waals surface area contributed by atoms with Crippen LogP contribution in [0.25, 0.3) is 0 Å². The molecule has 3 heterocycles. The molecule has 1 aromatic rings. The zero-order chi connectivity index (χ0) is 14.8. The average Bonchev–Trinajstić information content (AvgIpc) is 2.82. The summed E-state index contributed by atoms with van der Waals surface area (Å²) in [4.78, 5) is 0. The molecule has 114 valence electrons. The maximum atomic E-state index is 13.0. The third-order valence-corrected chi connectivity index (χ3v) is 6.51. The van der Waals surface area contributed by atoms with Crippen LogP contribution >= 0.6 is 0 Å². The van der Waals surface area contributed by atoms with Crippen LogP contribution in [0.2, 0.25) is 0 Å². The van der Waals surface area contributed by atoms with Gasteiger partial charge in [0.25, 0.3) is 0 Å². The number of hydroxylamine groups is 3. The number of nitrogens with zero attached hydrogens (tertiary/aromatic N) is 1. The molecule has 21 heavy (non-hydrogen) atoms. The van der Waals surface area contributed by atoms with Crippen LogP contribution in [-0.2, 0) is 5.41 Å². The molecule has 3 unspecified atom stereocenters. The minimum absolute atomic E-state index is 0.0610. The van der Waals surface area contributed by atoms with Crippen molar-refractivity contribution in [3.63, 3.8) is 0 Å². The molecule has 1 N–H and O–H groups in total. The van der Waals surface area contributed by atoms with Gasteiger partial charge in [0.1, 0.15) is 6.04 Å². The number of nitrogens with one attached hydrogen (secondary N) is 1. The molecule has 4 atom stereocenters. The first-order valence-corrected chi connectivity index (χ1v) is 8.38. The fourth-order valence-corrected chi connectivity index (χ4v) is 5.29. The van der Waals surface area contributed by atoms with Crippen molar-refractivity contribution in [1.82, 2.24) is 0 Å². The van der Waals surface area contributed by atoms with Gasteiger partial charge in [-0.3, -0.25) is 0 Å². The van der Waals surface area contributed by atoms with Crippen LogP contribution in [0.15, 0.2) is 18.2 Å². The largest absolute Gasteiger partial charge is 0.633 e. The molecule has 0 bridgehead atoms. The zero-order valence-corrected chi connectivity index (χ0v) is 13.4. The quantitative estimate of drug-likeness (QED) is 0.584. The Morgan fingerprint density at radius 2 is 2.05 bits per heavy atom. The monoisotopic (exact) mass is 286 g/mol. The lowest BCUT2D eigenvalue weighted by Crippen LogP contribution is -2.65. The number of hydrogen-bond acceptors (Lipinski definition) is 2. The number of aryl methyl sites for hydroxylation is 1. The molecule has 0 aromatic heterocycles. The van der Waals surface area contributed by atoms with Gasteiger partial charge in [0.15, 0.2) is 0 Å². The summed E-state index contributed by atoms with van der Waals surface area (Å²) in [6.07, 6.45) is 3.24. The van der Waals surface area contributed by atoms with E-state index in [1.54, 1.807) is 0 Å². The van der Waals surface area contributed by atoms with E-state index in [-0.39, 0.29) is 16.1 Å². The molecule has 3 aliphatic rings.